The van der Waals surface area contributed by atoms with Crippen LogP contribution in [0.1, 0.15) is 65.4 Å². The summed E-state index contributed by atoms with van der Waals surface area (Å²) >= 11 is 0. The summed E-state index contributed by atoms with van der Waals surface area (Å²) in [4.78, 5) is 30.1. The second kappa shape index (κ2) is 16.5. The number of allylic oxidation sites excluding steroid dienone is 1. The molecular weight excluding hydrogens is 717 g/mol. The minimum absolute atomic E-state index is 0.209. The van der Waals surface area contributed by atoms with Crippen LogP contribution in [-0.2, 0) is 18.8 Å². The second-order valence-electron chi connectivity index (χ2n) is 16.4. The van der Waals surface area contributed by atoms with Crippen molar-refractivity contribution in [3.05, 3.63) is 131 Å². The predicted octanol–water partition coefficient (Wildman–Crippen LogP) is 6.13. The molecule has 8 nitrogen and oxygen atoms in total. The van der Waals surface area contributed by atoms with Crippen molar-refractivity contribution >= 4 is 54.8 Å². The third-order valence-electron chi connectivity index (χ3n) is 11.9. The van der Waals surface area contributed by atoms with Crippen LogP contribution in [0, 0.1) is 17.8 Å². The number of imide groups is 1. The van der Waals surface area contributed by atoms with Crippen molar-refractivity contribution in [3.8, 4) is 5.75 Å². The standard InChI is InChI=1S/C46H52BNO7Si/c1-5-15-31(26-32-16-12-13-23-40(32)49)24-25-41-42-33(29-55-56(46(2,3)4,36-19-8-6-9-20-36)37-21-10-7-11-22-37)27-38-43(39(42)30-54-41)45(51)48(44(38)50)35-18-14-17-34(28-35)47(52)53/h6-14,16-23,26,28,38-39,41,43,49,52-53H,5,15,24-25,27,29-30H2,1-4H3/b31-26+/t38-,39+,41-,43-/m1/s1. The Labute approximate surface area is 331 Å². The molecule has 2 saturated heterocycles. The van der Waals surface area contributed by atoms with Crippen molar-refractivity contribution in [2.75, 3.05) is 18.1 Å². The molecule has 4 atom stereocenters. The number of para-hydroxylation sites is 1. The molecule has 0 bridgehead atoms. The quantitative estimate of drug-likeness (QED) is 0.0852. The smallest absolute Gasteiger partial charge is 0.488 e. The lowest BCUT2D eigenvalue weighted by atomic mass is 9.69. The fourth-order valence-corrected chi connectivity index (χ4v) is 13.9. The number of phenols is 1. The molecule has 0 unspecified atom stereocenters. The lowest BCUT2D eigenvalue weighted by molar-refractivity contribution is -0.122. The topological polar surface area (TPSA) is 117 Å². The summed E-state index contributed by atoms with van der Waals surface area (Å²) in [5, 5.41) is 32.4. The normalized spacial score (nSPS) is 21.4. The molecule has 4 aromatic rings. The van der Waals surface area contributed by atoms with E-state index in [-0.39, 0.29) is 40.1 Å². The number of aromatic hydroxyl groups is 1. The van der Waals surface area contributed by atoms with Gasteiger partial charge in [-0.05, 0) is 75.9 Å². The van der Waals surface area contributed by atoms with Crippen LogP contribution in [0.15, 0.2) is 126 Å². The molecule has 1 aliphatic carbocycles. The monoisotopic (exact) mass is 769 g/mol. The van der Waals surface area contributed by atoms with Crippen LogP contribution in [0.2, 0.25) is 5.04 Å². The van der Waals surface area contributed by atoms with E-state index in [4.69, 9.17) is 9.16 Å². The number of hydrogen-bond acceptors (Lipinski definition) is 7. The Hall–Kier alpha value is -4.58. The molecule has 2 heterocycles. The highest BCUT2D eigenvalue weighted by molar-refractivity contribution is 6.99. The summed E-state index contributed by atoms with van der Waals surface area (Å²) < 4.78 is 14.2. The van der Waals surface area contributed by atoms with Crippen molar-refractivity contribution in [1.29, 1.82) is 0 Å². The zero-order valence-corrected chi connectivity index (χ0v) is 33.7. The fourth-order valence-electron chi connectivity index (χ4n) is 9.38. The van der Waals surface area contributed by atoms with Gasteiger partial charge >= 0.3 is 7.12 Å². The van der Waals surface area contributed by atoms with Crippen molar-refractivity contribution in [2.45, 2.75) is 70.9 Å². The maximum atomic E-state index is 14.4. The van der Waals surface area contributed by atoms with E-state index in [0.717, 1.165) is 46.3 Å². The molecule has 2 fully saturated rings. The third kappa shape index (κ3) is 7.49. The van der Waals surface area contributed by atoms with Gasteiger partial charge in [0.05, 0.1) is 36.8 Å². The zero-order valence-electron chi connectivity index (χ0n) is 32.7. The molecule has 7 rings (SSSR count). The molecule has 3 N–H and O–H groups in total. The van der Waals surface area contributed by atoms with Crippen LogP contribution in [0.25, 0.3) is 6.08 Å². The van der Waals surface area contributed by atoms with Gasteiger partial charge in [0.15, 0.2) is 0 Å². The van der Waals surface area contributed by atoms with Crippen molar-refractivity contribution in [2.24, 2.45) is 17.8 Å². The largest absolute Gasteiger partial charge is 0.507 e. The number of hydrogen-bond donors (Lipinski definition) is 3. The Morgan fingerprint density at radius 1 is 0.875 bits per heavy atom. The first-order valence-corrected chi connectivity index (χ1v) is 21.7. The number of fused-ring (bicyclic) bond motifs is 3. The summed E-state index contributed by atoms with van der Waals surface area (Å²) in [5.74, 6) is -1.83. The zero-order chi connectivity index (χ0) is 39.6. The Kier molecular flexibility index (Phi) is 11.7. The number of nitrogens with zero attached hydrogens (tertiary/aromatic N) is 1. The minimum atomic E-state index is -2.96. The van der Waals surface area contributed by atoms with E-state index >= 15 is 0 Å². The number of ether oxygens (including phenoxy) is 1. The highest BCUT2D eigenvalue weighted by atomic mass is 28.4. The number of carbonyl (C=O) groups excluding carboxylic acids is 2. The van der Waals surface area contributed by atoms with E-state index in [1.165, 1.54) is 16.5 Å². The molecule has 2 amide bonds. The van der Waals surface area contributed by atoms with Gasteiger partial charge in [0, 0.05) is 11.5 Å². The highest BCUT2D eigenvalue weighted by Crippen LogP contribution is 2.51. The SMILES string of the molecule is CCC/C(=C\c1ccccc1O)CC[C@H]1OC[C@H]2C1=C(CO[Si](c1ccccc1)(c1ccccc1)C(C)(C)C)C[C@H]1C(=O)N(c3cccc(B(O)O)c3)C(=O)[C@H]12. The molecule has 56 heavy (non-hydrogen) atoms. The molecule has 2 aliphatic heterocycles. The summed E-state index contributed by atoms with van der Waals surface area (Å²) in [7, 11) is -4.69. The minimum Gasteiger partial charge on any atom is -0.507 e. The Bertz CT molecular complexity index is 2070. The first-order valence-electron chi connectivity index (χ1n) is 19.8. The Morgan fingerprint density at radius 2 is 1.54 bits per heavy atom. The van der Waals surface area contributed by atoms with Gasteiger partial charge in [-0.3, -0.25) is 14.5 Å². The van der Waals surface area contributed by atoms with Gasteiger partial charge in [-0.1, -0.05) is 137 Å². The van der Waals surface area contributed by atoms with Gasteiger partial charge in [-0.25, -0.2) is 0 Å². The van der Waals surface area contributed by atoms with E-state index in [0.29, 0.717) is 31.7 Å². The number of rotatable bonds is 13. The highest BCUT2D eigenvalue weighted by Gasteiger charge is 2.58. The van der Waals surface area contributed by atoms with Gasteiger partial charge < -0.3 is 24.3 Å². The predicted molar refractivity (Wildman–Crippen MR) is 224 cm³/mol. The van der Waals surface area contributed by atoms with Crippen LogP contribution in [0.4, 0.5) is 5.69 Å². The van der Waals surface area contributed by atoms with Crippen LogP contribution >= 0.6 is 0 Å². The molecule has 290 valence electrons. The molecule has 4 aromatic carbocycles. The summed E-state index contributed by atoms with van der Waals surface area (Å²) in [6.45, 7) is 9.51. The first kappa shape index (κ1) is 39.6. The molecule has 0 saturated carbocycles. The Morgan fingerprint density at radius 3 is 2.16 bits per heavy atom. The van der Waals surface area contributed by atoms with Gasteiger partial charge in [0.25, 0.3) is 8.32 Å². The summed E-state index contributed by atoms with van der Waals surface area (Å²) in [6.07, 6.45) is 5.45. The molecule has 0 spiro atoms. The van der Waals surface area contributed by atoms with Crippen LogP contribution in [0.5, 0.6) is 5.75 Å². The van der Waals surface area contributed by atoms with Crippen LogP contribution in [-0.4, -0.2) is 61.7 Å². The van der Waals surface area contributed by atoms with Crippen molar-refractivity contribution in [1.82, 2.24) is 0 Å². The summed E-state index contributed by atoms with van der Waals surface area (Å²) in [5.41, 5.74) is 4.64. The van der Waals surface area contributed by atoms with Crippen LogP contribution in [0.3, 0.4) is 0 Å². The van der Waals surface area contributed by atoms with E-state index in [1.807, 2.05) is 30.3 Å². The molecular formula is C46H52BNO7Si. The lowest BCUT2D eigenvalue weighted by Crippen LogP contribution is -2.66. The van der Waals surface area contributed by atoms with Crippen LogP contribution < -0.4 is 20.7 Å². The average Bonchev–Trinajstić information content (AvgIpc) is 3.72. The average molecular weight is 770 g/mol. The van der Waals surface area contributed by atoms with E-state index in [1.54, 1.807) is 24.3 Å². The maximum absolute atomic E-state index is 14.4. The fraction of sp³-hybridized carbons (Fsp3) is 0.348. The molecule has 10 heteroatoms. The lowest BCUT2D eigenvalue weighted by Gasteiger charge is -2.44. The van der Waals surface area contributed by atoms with Gasteiger partial charge in [0.2, 0.25) is 11.8 Å². The summed E-state index contributed by atoms with van der Waals surface area (Å²) in [6, 6.07) is 34.7. The number of amides is 2. The van der Waals surface area contributed by atoms with Crippen molar-refractivity contribution < 1.29 is 33.9 Å². The number of carbonyl (C=O) groups is 2. The number of benzene rings is 4. The number of phenolic OH excluding ortho intramolecular Hbond substituents is 1. The molecule has 3 aliphatic rings. The maximum Gasteiger partial charge on any atom is 0.488 e. The second-order valence-corrected chi connectivity index (χ2v) is 20.7. The van der Waals surface area contributed by atoms with E-state index in [2.05, 4.69) is 82.3 Å². The third-order valence-corrected chi connectivity index (χ3v) is 16.9. The van der Waals surface area contributed by atoms with Gasteiger partial charge in [-0.2, -0.15) is 0 Å². The van der Waals surface area contributed by atoms with Gasteiger partial charge in [-0.15, -0.1) is 0 Å². The number of anilines is 1. The van der Waals surface area contributed by atoms with Gasteiger partial charge in [0.1, 0.15) is 5.75 Å². The Balaban J connectivity index is 1.28. The first-order chi connectivity index (χ1) is 26.9. The van der Waals surface area contributed by atoms with E-state index < -0.39 is 27.3 Å². The van der Waals surface area contributed by atoms with E-state index in [9.17, 15) is 24.7 Å². The van der Waals surface area contributed by atoms with Crippen molar-refractivity contribution in [3.63, 3.8) is 0 Å². The molecule has 0 aromatic heterocycles. The molecule has 0 radical (unpaired) electrons.